The molecule has 6 heteroatoms. The van der Waals surface area contributed by atoms with Crippen LogP contribution in [0.2, 0.25) is 0 Å². The Labute approximate surface area is 126 Å². The normalized spacial score (nSPS) is 13.8. The second-order valence-corrected chi connectivity index (χ2v) is 6.76. The lowest BCUT2D eigenvalue weighted by Crippen LogP contribution is -2.42. The van der Waals surface area contributed by atoms with Gasteiger partial charge in [-0.2, -0.15) is 0 Å². The first-order valence-electron chi connectivity index (χ1n) is 6.30. The van der Waals surface area contributed by atoms with Crippen molar-refractivity contribution in [1.82, 2.24) is 10.6 Å². The van der Waals surface area contributed by atoms with Gasteiger partial charge in [0.1, 0.15) is 5.60 Å². The van der Waals surface area contributed by atoms with Crippen LogP contribution >= 0.6 is 22.7 Å². The van der Waals surface area contributed by atoms with E-state index in [9.17, 15) is 9.90 Å². The van der Waals surface area contributed by atoms with E-state index in [1.807, 2.05) is 35.9 Å². The Balaban J connectivity index is 1.79. The van der Waals surface area contributed by atoms with Crippen LogP contribution in [0.5, 0.6) is 0 Å². The highest BCUT2D eigenvalue weighted by atomic mass is 32.1. The molecule has 0 saturated heterocycles. The smallest absolute Gasteiger partial charge is 0.315 e. The van der Waals surface area contributed by atoms with E-state index in [0.717, 1.165) is 9.75 Å². The first-order valence-corrected chi connectivity index (χ1v) is 8.06. The van der Waals surface area contributed by atoms with Crippen molar-refractivity contribution in [2.45, 2.75) is 26.0 Å². The fourth-order valence-corrected chi connectivity index (χ4v) is 3.37. The molecule has 0 bridgehead atoms. The Morgan fingerprint density at radius 1 is 1.30 bits per heavy atom. The maximum atomic E-state index is 11.7. The van der Waals surface area contributed by atoms with E-state index in [1.54, 1.807) is 18.3 Å². The number of hydrogen-bond acceptors (Lipinski definition) is 4. The number of nitrogens with one attached hydrogen (secondary N) is 2. The van der Waals surface area contributed by atoms with Crippen LogP contribution in [-0.4, -0.2) is 17.7 Å². The molecule has 2 amide bonds. The van der Waals surface area contributed by atoms with Gasteiger partial charge in [0.15, 0.2) is 0 Å². The van der Waals surface area contributed by atoms with Crippen LogP contribution in [0.3, 0.4) is 0 Å². The standard InChI is InChI=1S/C14H18N2O2S2/c1-10-5-7-19-11(10)8-15-13(17)16-9-14(2,18)12-4-3-6-20-12/h3-7,18H,8-9H2,1-2H3,(H2,15,16,17)/t14-/m1/s1. The number of aliphatic hydroxyl groups is 1. The molecule has 2 aromatic heterocycles. The predicted molar refractivity (Wildman–Crippen MR) is 83.2 cm³/mol. The van der Waals surface area contributed by atoms with Crippen molar-refractivity contribution in [3.05, 3.63) is 44.3 Å². The highest BCUT2D eigenvalue weighted by Crippen LogP contribution is 2.24. The molecule has 0 radical (unpaired) electrons. The molecule has 0 unspecified atom stereocenters. The topological polar surface area (TPSA) is 61.4 Å². The lowest BCUT2D eigenvalue weighted by atomic mass is 10.1. The van der Waals surface area contributed by atoms with Crippen LogP contribution in [0.4, 0.5) is 4.79 Å². The third-order valence-electron chi connectivity index (χ3n) is 3.02. The summed E-state index contributed by atoms with van der Waals surface area (Å²) >= 11 is 3.10. The molecule has 3 N–H and O–H groups in total. The molecule has 20 heavy (non-hydrogen) atoms. The van der Waals surface area contributed by atoms with Crippen molar-refractivity contribution >= 4 is 28.7 Å². The Hall–Kier alpha value is -1.37. The van der Waals surface area contributed by atoms with E-state index >= 15 is 0 Å². The van der Waals surface area contributed by atoms with Gasteiger partial charge in [-0.05, 0) is 42.3 Å². The summed E-state index contributed by atoms with van der Waals surface area (Å²) in [5.74, 6) is 0. The van der Waals surface area contributed by atoms with Crippen molar-refractivity contribution < 1.29 is 9.90 Å². The molecule has 0 aliphatic heterocycles. The number of hydrogen-bond donors (Lipinski definition) is 3. The van der Waals surface area contributed by atoms with Crippen LogP contribution in [0.1, 0.15) is 22.2 Å². The summed E-state index contributed by atoms with van der Waals surface area (Å²) in [6, 6.07) is 5.50. The van der Waals surface area contributed by atoms with Gasteiger partial charge in [-0.25, -0.2) is 4.79 Å². The van der Waals surface area contributed by atoms with E-state index in [4.69, 9.17) is 0 Å². The number of carbonyl (C=O) groups is 1. The molecule has 2 heterocycles. The van der Waals surface area contributed by atoms with Crippen molar-refractivity contribution in [2.24, 2.45) is 0 Å². The van der Waals surface area contributed by atoms with Crippen molar-refractivity contribution in [2.75, 3.05) is 6.54 Å². The Kier molecular flexibility index (Phi) is 4.80. The summed E-state index contributed by atoms with van der Waals surface area (Å²) in [4.78, 5) is 13.7. The number of rotatable bonds is 5. The summed E-state index contributed by atoms with van der Waals surface area (Å²) in [5, 5.41) is 19.7. The molecule has 0 aromatic carbocycles. The summed E-state index contributed by atoms with van der Waals surface area (Å²) in [7, 11) is 0. The largest absolute Gasteiger partial charge is 0.383 e. The van der Waals surface area contributed by atoms with Gasteiger partial charge in [0, 0.05) is 9.75 Å². The first-order chi connectivity index (χ1) is 9.49. The molecule has 0 aliphatic carbocycles. The number of carbonyl (C=O) groups excluding carboxylic acids is 1. The molecule has 0 fully saturated rings. The lowest BCUT2D eigenvalue weighted by Gasteiger charge is -2.22. The van der Waals surface area contributed by atoms with Gasteiger partial charge in [-0.15, -0.1) is 22.7 Å². The Morgan fingerprint density at radius 2 is 2.10 bits per heavy atom. The van der Waals surface area contributed by atoms with Gasteiger partial charge < -0.3 is 15.7 Å². The molecule has 108 valence electrons. The molecule has 0 aliphatic rings. The van der Waals surface area contributed by atoms with Crippen LogP contribution in [-0.2, 0) is 12.1 Å². The number of thiophene rings is 2. The third kappa shape index (κ3) is 3.82. The molecule has 0 saturated carbocycles. The summed E-state index contributed by atoms with van der Waals surface area (Å²) in [6.45, 7) is 4.41. The van der Waals surface area contributed by atoms with E-state index in [0.29, 0.717) is 6.54 Å². The zero-order valence-corrected chi connectivity index (χ0v) is 13.1. The molecule has 2 aromatic rings. The zero-order chi connectivity index (χ0) is 14.6. The number of amides is 2. The fourth-order valence-electron chi connectivity index (χ4n) is 1.73. The number of urea groups is 1. The van der Waals surface area contributed by atoms with Crippen molar-refractivity contribution in [1.29, 1.82) is 0 Å². The van der Waals surface area contributed by atoms with E-state index in [2.05, 4.69) is 10.6 Å². The fraction of sp³-hybridized carbons (Fsp3) is 0.357. The third-order valence-corrected chi connectivity index (χ3v) is 5.17. The highest BCUT2D eigenvalue weighted by Gasteiger charge is 2.24. The van der Waals surface area contributed by atoms with Gasteiger partial charge in [0.2, 0.25) is 0 Å². The average molecular weight is 310 g/mol. The van der Waals surface area contributed by atoms with Crippen molar-refractivity contribution in [3.63, 3.8) is 0 Å². The summed E-state index contributed by atoms with van der Waals surface area (Å²) in [6.07, 6.45) is 0. The second-order valence-electron chi connectivity index (χ2n) is 4.81. The van der Waals surface area contributed by atoms with Gasteiger partial charge >= 0.3 is 6.03 Å². The minimum absolute atomic E-state index is 0.183. The summed E-state index contributed by atoms with van der Waals surface area (Å²) in [5.41, 5.74) is 0.144. The van der Waals surface area contributed by atoms with E-state index < -0.39 is 5.60 Å². The zero-order valence-electron chi connectivity index (χ0n) is 11.5. The van der Waals surface area contributed by atoms with Crippen LogP contribution in [0.15, 0.2) is 29.0 Å². The maximum Gasteiger partial charge on any atom is 0.315 e. The lowest BCUT2D eigenvalue weighted by molar-refractivity contribution is 0.0631. The Bertz CT molecular complexity index is 562. The van der Waals surface area contributed by atoms with Gasteiger partial charge in [-0.3, -0.25) is 0 Å². The molecular formula is C14H18N2O2S2. The quantitative estimate of drug-likeness (QED) is 0.795. The molecule has 2 rings (SSSR count). The minimum Gasteiger partial charge on any atom is -0.383 e. The average Bonchev–Trinajstić information content (AvgIpc) is 3.05. The monoisotopic (exact) mass is 310 g/mol. The highest BCUT2D eigenvalue weighted by molar-refractivity contribution is 7.10. The first kappa shape index (κ1) is 15.0. The van der Waals surface area contributed by atoms with Gasteiger partial charge in [0.05, 0.1) is 13.1 Å². The van der Waals surface area contributed by atoms with Gasteiger partial charge in [0.25, 0.3) is 0 Å². The van der Waals surface area contributed by atoms with Crippen LogP contribution in [0.25, 0.3) is 0 Å². The van der Waals surface area contributed by atoms with E-state index in [1.165, 1.54) is 16.9 Å². The van der Waals surface area contributed by atoms with Crippen LogP contribution < -0.4 is 10.6 Å². The molecule has 0 spiro atoms. The van der Waals surface area contributed by atoms with Crippen molar-refractivity contribution in [3.8, 4) is 0 Å². The molecular weight excluding hydrogens is 292 g/mol. The minimum atomic E-state index is -1.04. The summed E-state index contributed by atoms with van der Waals surface area (Å²) < 4.78 is 0. The predicted octanol–water partition coefficient (Wildman–Crippen LogP) is 2.82. The SMILES string of the molecule is Cc1ccsc1CNC(=O)NC[C@@](C)(O)c1cccs1. The Morgan fingerprint density at radius 3 is 2.70 bits per heavy atom. The van der Waals surface area contributed by atoms with Crippen LogP contribution in [0, 0.1) is 6.92 Å². The van der Waals surface area contributed by atoms with Gasteiger partial charge in [-0.1, -0.05) is 6.07 Å². The maximum absolute atomic E-state index is 11.7. The second kappa shape index (κ2) is 6.39. The number of aryl methyl sites for hydroxylation is 1. The molecule has 1 atom stereocenters. The van der Waals surface area contributed by atoms with E-state index in [-0.39, 0.29) is 12.6 Å². The molecule has 4 nitrogen and oxygen atoms in total.